The SMILES string of the molecule is CN(C)C(C)(C)CO.CN(C)C(C)(C)CO.O=S(O)O. The van der Waals surface area contributed by atoms with E-state index in [-0.39, 0.29) is 24.3 Å². The molecule has 0 aliphatic carbocycles. The lowest BCUT2D eigenvalue weighted by Gasteiger charge is -2.29. The molecule has 0 aliphatic heterocycles. The zero-order valence-electron chi connectivity index (χ0n) is 13.9. The highest BCUT2D eigenvalue weighted by atomic mass is 32.2. The Hall–Kier alpha value is -0.0900. The number of aliphatic hydroxyl groups excluding tert-OH is 2. The minimum atomic E-state index is -2.61. The van der Waals surface area contributed by atoms with Gasteiger partial charge < -0.3 is 20.0 Å². The third-order valence-corrected chi connectivity index (χ3v) is 3.20. The van der Waals surface area contributed by atoms with E-state index in [1.165, 1.54) is 0 Å². The highest BCUT2D eigenvalue weighted by Gasteiger charge is 2.18. The summed E-state index contributed by atoms with van der Waals surface area (Å²) in [7, 11) is 7.82. The molecule has 0 aromatic rings. The van der Waals surface area contributed by atoms with E-state index in [4.69, 9.17) is 23.5 Å². The molecule has 0 atom stereocenters. The Bertz CT molecular complexity index is 234. The first kappa shape index (κ1) is 24.9. The predicted molar refractivity (Wildman–Crippen MR) is 83.1 cm³/mol. The van der Waals surface area contributed by atoms with Crippen LogP contribution in [0, 0.1) is 0 Å². The van der Waals surface area contributed by atoms with Crippen LogP contribution < -0.4 is 0 Å². The van der Waals surface area contributed by atoms with Gasteiger partial charge in [-0.05, 0) is 55.9 Å². The number of hydrogen-bond donors (Lipinski definition) is 4. The highest BCUT2D eigenvalue weighted by molar-refractivity contribution is 7.73. The molecule has 126 valence electrons. The van der Waals surface area contributed by atoms with Gasteiger partial charge in [-0.15, -0.1) is 0 Å². The van der Waals surface area contributed by atoms with Crippen molar-refractivity contribution in [2.75, 3.05) is 41.4 Å². The second kappa shape index (κ2) is 11.6. The number of hydrogen-bond acceptors (Lipinski definition) is 5. The second-order valence-corrected chi connectivity index (χ2v) is 6.42. The fraction of sp³-hybridized carbons (Fsp3) is 1.00. The Balaban J connectivity index is -0.000000230. The summed E-state index contributed by atoms with van der Waals surface area (Å²) in [6.07, 6.45) is 0. The maximum Gasteiger partial charge on any atom is 0.299 e. The molecular formula is C12H32N2O5S. The predicted octanol–water partition coefficient (Wildman–Crippen LogP) is 0.319. The lowest BCUT2D eigenvalue weighted by atomic mass is 10.1. The lowest BCUT2D eigenvalue weighted by molar-refractivity contribution is 0.100. The normalized spacial score (nSPS) is 11.9. The van der Waals surface area contributed by atoms with Gasteiger partial charge in [0.15, 0.2) is 0 Å². The molecule has 0 heterocycles. The Morgan fingerprint density at radius 3 is 0.950 bits per heavy atom. The molecule has 0 saturated heterocycles. The highest BCUT2D eigenvalue weighted by Crippen LogP contribution is 2.07. The van der Waals surface area contributed by atoms with Crippen LogP contribution in [0.1, 0.15) is 27.7 Å². The van der Waals surface area contributed by atoms with E-state index in [1.54, 1.807) is 0 Å². The van der Waals surface area contributed by atoms with Crippen LogP contribution in [0.15, 0.2) is 0 Å². The van der Waals surface area contributed by atoms with E-state index in [0.29, 0.717) is 0 Å². The summed E-state index contributed by atoms with van der Waals surface area (Å²) in [5.74, 6) is 0. The van der Waals surface area contributed by atoms with Gasteiger partial charge in [-0.3, -0.25) is 9.11 Å². The summed E-state index contributed by atoms with van der Waals surface area (Å²) in [5, 5.41) is 17.4. The summed E-state index contributed by atoms with van der Waals surface area (Å²) < 4.78 is 22.8. The zero-order valence-corrected chi connectivity index (χ0v) is 14.7. The molecule has 0 saturated carbocycles. The summed E-state index contributed by atoms with van der Waals surface area (Å²) in [6, 6.07) is 0. The molecule has 0 aromatic heterocycles. The molecular weight excluding hydrogens is 284 g/mol. The molecule has 0 bridgehead atoms. The third-order valence-electron chi connectivity index (χ3n) is 3.20. The number of rotatable bonds is 4. The Labute approximate surface area is 125 Å². The van der Waals surface area contributed by atoms with Gasteiger partial charge in [0, 0.05) is 11.1 Å². The zero-order chi connectivity index (χ0) is 17.1. The summed E-state index contributed by atoms with van der Waals surface area (Å²) in [4.78, 5) is 3.99. The lowest BCUT2D eigenvalue weighted by Crippen LogP contribution is -2.41. The quantitative estimate of drug-likeness (QED) is 0.554. The van der Waals surface area contributed by atoms with Crippen LogP contribution in [-0.2, 0) is 11.4 Å². The Kier molecular flexibility index (Phi) is 14.4. The molecule has 7 nitrogen and oxygen atoms in total. The standard InChI is InChI=1S/2C6H15NO.H2O3S/c2*1-6(2,5-8)7(3)4;1-4(2)3/h2*8H,5H2,1-4H3;(H2,1,2,3). The molecule has 0 aliphatic rings. The van der Waals surface area contributed by atoms with E-state index in [1.807, 2.05) is 65.7 Å². The topological polar surface area (TPSA) is 104 Å². The fourth-order valence-corrected chi connectivity index (χ4v) is 0.283. The summed E-state index contributed by atoms with van der Waals surface area (Å²) >= 11 is -2.61. The van der Waals surface area contributed by atoms with Crippen LogP contribution >= 0.6 is 0 Å². The van der Waals surface area contributed by atoms with Crippen LogP contribution in [0.3, 0.4) is 0 Å². The first-order valence-electron chi connectivity index (χ1n) is 6.11. The average Bonchev–Trinajstić information content (AvgIpc) is 2.28. The van der Waals surface area contributed by atoms with Gasteiger partial charge in [-0.25, -0.2) is 0 Å². The van der Waals surface area contributed by atoms with E-state index in [9.17, 15) is 0 Å². The van der Waals surface area contributed by atoms with Crippen molar-refractivity contribution in [3.8, 4) is 0 Å². The van der Waals surface area contributed by atoms with Gasteiger partial charge in [0.25, 0.3) is 11.4 Å². The molecule has 0 fully saturated rings. The second-order valence-electron chi connectivity index (χ2n) is 5.96. The van der Waals surface area contributed by atoms with Crippen molar-refractivity contribution in [2.45, 2.75) is 38.8 Å². The van der Waals surface area contributed by atoms with Gasteiger partial charge in [0.2, 0.25) is 0 Å². The van der Waals surface area contributed by atoms with Crippen LogP contribution in [0.2, 0.25) is 0 Å². The van der Waals surface area contributed by atoms with Crippen molar-refractivity contribution >= 4 is 11.4 Å². The largest absolute Gasteiger partial charge is 0.394 e. The van der Waals surface area contributed by atoms with Gasteiger partial charge >= 0.3 is 0 Å². The van der Waals surface area contributed by atoms with Crippen molar-refractivity contribution in [1.29, 1.82) is 0 Å². The van der Waals surface area contributed by atoms with E-state index in [0.717, 1.165) is 0 Å². The summed E-state index contributed by atoms with van der Waals surface area (Å²) in [6.45, 7) is 8.39. The average molecular weight is 316 g/mol. The Morgan fingerprint density at radius 2 is 0.950 bits per heavy atom. The number of aliphatic hydroxyl groups is 2. The molecule has 0 rings (SSSR count). The first-order chi connectivity index (χ1) is 8.74. The minimum Gasteiger partial charge on any atom is -0.394 e. The van der Waals surface area contributed by atoms with Crippen LogP contribution in [0.4, 0.5) is 0 Å². The van der Waals surface area contributed by atoms with Crippen LogP contribution in [0.5, 0.6) is 0 Å². The van der Waals surface area contributed by atoms with Gasteiger partial charge in [-0.2, -0.15) is 4.21 Å². The Morgan fingerprint density at radius 1 is 0.800 bits per heavy atom. The van der Waals surface area contributed by atoms with Crippen molar-refractivity contribution in [3.05, 3.63) is 0 Å². The molecule has 20 heavy (non-hydrogen) atoms. The van der Waals surface area contributed by atoms with Gasteiger partial charge in [0.05, 0.1) is 13.2 Å². The van der Waals surface area contributed by atoms with E-state index >= 15 is 0 Å². The van der Waals surface area contributed by atoms with E-state index in [2.05, 4.69) is 0 Å². The number of nitrogens with zero attached hydrogens (tertiary/aromatic N) is 2. The van der Waals surface area contributed by atoms with Gasteiger partial charge in [-0.1, -0.05) is 0 Å². The number of likely N-dealkylation sites (N-methyl/N-ethyl adjacent to an activating group) is 2. The van der Waals surface area contributed by atoms with Crippen molar-refractivity contribution < 1.29 is 23.5 Å². The van der Waals surface area contributed by atoms with Crippen LogP contribution in [-0.4, -0.2) is 85.8 Å². The minimum absolute atomic E-state index is 0.0694. The molecule has 0 unspecified atom stereocenters. The first-order valence-corrected chi connectivity index (χ1v) is 7.17. The smallest absolute Gasteiger partial charge is 0.299 e. The summed E-state index contributed by atoms with van der Waals surface area (Å²) in [5.41, 5.74) is -0.139. The molecule has 0 spiro atoms. The molecule has 4 N–H and O–H groups in total. The fourth-order valence-electron chi connectivity index (χ4n) is 0.283. The van der Waals surface area contributed by atoms with Crippen molar-refractivity contribution in [1.82, 2.24) is 9.80 Å². The van der Waals surface area contributed by atoms with E-state index < -0.39 is 11.4 Å². The maximum absolute atomic E-state index is 8.72. The molecule has 0 amide bonds. The molecule has 0 radical (unpaired) electrons. The van der Waals surface area contributed by atoms with Crippen LogP contribution in [0.25, 0.3) is 0 Å². The third kappa shape index (κ3) is 16.0. The molecule has 0 aromatic carbocycles. The monoisotopic (exact) mass is 316 g/mol. The molecule has 8 heteroatoms. The van der Waals surface area contributed by atoms with Gasteiger partial charge in [0.1, 0.15) is 0 Å². The van der Waals surface area contributed by atoms with Crippen molar-refractivity contribution in [2.24, 2.45) is 0 Å². The van der Waals surface area contributed by atoms with Crippen molar-refractivity contribution in [3.63, 3.8) is 0 Å². The maximum atomic E-state index is 8.72.